The monoisotopic (exact) mass is 442 g/mol. The van der Waals surface area contributed by atoms with E-state index in [2.05, 4.69) is 15.3 Å². The van der Waals surface area contributed by atoms with Crippen LogP contribution in [-0.4, -0.2) is 51.9 Å². The lowest BCUT2D eigenvalue weighted by Gasteiger charge is -2.16. The third-order valence-corrected chi connectivity index (χ3v) is 5.19. The van der Waals surface area contributed by atoms with E-state index in [-0.39, 0.29) is 35.0 Å². The minimum Gasteiger partial charge on any atom is -0.489 e. The third-order valence-electron chi connectivity index (χ3n) is 3.73. The Hall–Kier alpha value is -3.15. The molecule has 0 aliphatic carbocycles. The molecule has 1 aromatic heterocycles. The van der Waals surface area contributed by atoms with Gasteiger partial charge < -0.3 is 14.2 Å². The van der Waals surface area contributed by atoms with Crippen LogP contribution in [0.1, 0.15) is 18.9 Å². The Bertz CT molecular complexity index is 964. The van der Waals surface area contributed by atoms with E-state index in [1.807, 2.05) is 11.6 Å². The molecule has 2 N–H and O–H groups in total. The van der Waals surface area contributed by atoms with Crippen molar-refractivity contribution < 1.29 is 31.8 Å². The van der Waals surface area contributed by atoms with E-state index in [4.69, 9.17) is 14.2 Å². The molecule has 0 aliphatic rings. The maximum Gasteiger partial charge on any atom is 0.335 e. The summed E-state index contributed by atoms with van der Waals surface area (Å²) in [5.41, 5.74) is 0.438. The SMILES string of the molecule is CCCc1cccc(OCCF)c1S(=O)(=O)NC(=O)Nc1nc(OC)cc(OC)n1. The third kappa shape index (κ3) is 5.92. The minimum absolute atomic E-state index is 0.0433. The number of nitrogens with one attached hydrogen (secondary N) is 2. The van der Waals surface area contributed by atoms with Crippen LogP contribution in [0.2, 0.25) is 0 Å². The number of nitrogens with zero attached hydrogens (tertiary/aromatic N) is 2. The summed E-state index contributed by atoms with van der Waals surface area (Å²) in [4.78, 5) is 19.9. The summed E-state index contributed by atoms with van der Waals surface area (Å²) in [5.74, 6) is -0.0572. The van der Waals surface area contributed by atoms with Crippen molar-refractivity contribution >= 4 is 22.0 Å². The molecular weight excluding hydrogens is 419 g/mol. The Kier molecular flexibility index (Phi) is 8.16. The molecule has 0 aliphatic heterocycles. The molecule has 2 aromatic rings. The summed E-state index contributed by atoms with van der Waals surface area (Å²) in [6, 6.07) is 4.89. The maximum absolute atomic E-state index is 12.9. The van der Waals surface area contributed by atoms with Gasteiger partial charge in [0.15, 0.2) is 0 Å². The number of amides is 2. The first-order valence-corrected chi connectivity index (χ1v) is 10.4. The smallest absolute Gasteiger partial charge is 0.335 e. The molecular formula is C18H23FN4O6S. The quantitative estimate of drug-likeness (QED) is 0.574. The van der Waals surface area contributed by atoms with E-state index in [0.29, 0.717) is 18.4 Å². The largest absolute Gasteiger partial charge is 0.489 e. The number of benzene rings is 1. The summed E-state index contributed by atoms with van der Waals surface area (Å²) in [5, 5.41) is 2.22. The van der Waals surface area contributed by atoms with Crippen molar-refractivity contribution in [3.05, 3.63) is 29.8 Å². The van der Waals surface area contributed by atoms with Crippen molar-refractivity contribution in [1.82, 2.24) is 14.7 Å². The molecule has 1 heterocycles. The van der Waals surface area contributed by atoms with Crippen LogP contribution in [0.25, 0.3) is 0 Å². The summed E-state index contributed by atoms with van der Waals surface area (Å²) in [7, 11) is -1.63. The van der Waals surface area contributed by atoms with Gasteiger partial charge in [-0.25, -0.2) is 22.3 Å². The average molecular weight is 442 g/mol. The van der Waals surface area contributed by atoms with Crippen molar-refractivity contribution in [1.29, 1.82) is 0 Å². The average Bonchev–Trinajstić information content (AvgIpc) is 2.71. The fourth-order valence-corrected chi connectivity index (χ4v) is 3.87. The summed E-state index contributed by atoms with van der Waals surface area (Å²) in [6.07, 6.45) is 1.07. The molecule has 164 valence electrons. The standard InChI is InChI=1S/C18H23FN4O6S/c1-4-6-12-7-5-8-13(29-10-9-19)16(12)30(25,26)23-18(24)22-17-20-14(27-2)11-15(21-17)28-3/h5,7-8,11H,4,6,9-10H2,1-3H3,(H2,20,21,22,23,24). The molecule has 1 aromatic carbocycles. The molecule has 2 rings (SSSR count). The van der Waals surface area contributed by atoms with Crippen LogP contribution in [0.5, 0.6) is 17.5 Å². The first kappa shape index (κ1) is 23.1. The Morgan fingerprint density at radius 2 is 1.83 bits per heavy atom. The van der Waals surface area contributed by atoms with Gasteiger partial charge >= 0.3 is 6.03 Å². The number of sulfonamides is 1. The summed E-state index contributed by atoms with van der Waals surface area (Å²) in [6.45, 7) is 0.765. The van der Waals surface area contributed by atoms with Gasteiger partial charge in [-0.2, -0.15) is 9.97 Å². The molecule has 2 amide bonds. The Morgan fingerprint density at radius 1 is 1.17 bits per heavy atom. The number of urea groups is 1. The number of hydrogen-bond acceptors (Lipinski definition) is 8. The zero-order valence-electron chi connectivity index (χ0n) is 16.8. The van der Waals surface area contributed by atoms with Gasteiger partial charge in [-0.05, 0) is 18.1 Å². The molecule has 0 saturated carbocycles. The maximum atomic E-state index is 12.9. The first-order chi connectivity index (χ1) is 14.3. The van der Waals surface area contributed by atoms with Gasteiger partial charge in [0.05, 0.1) is 20.3 Å². The fourth-order valence-electron chi connectivity index (χ4n) is 2.56. The highest BCUT2D eigenvalue weighted by atomic mass is 32.2. The fraction of sp³-hybridized carbons (Fsp3) is 0.389. The number of carbonyl (C=O) groups is 1. The van der Waals surface area contributed by atoms with Crippen LogP contribution in [0, 0.1) is 0 Å². The molecule has 0 saturated heterocycles. The first-order valence-electron chi connectivity index (χ1n) is 8.96. The molecule has 10 nitrogen and oxygen atoms in total. The van der Waals surface area contributed by atoms with Gasteiger partial charge in [-0.3, -0.25) is 5.32 Å². The van der Waals surface area contributed by atoms with E-state index in [1.165, 1.54) is 26.4 Å². The van der Waals surface area contributed by atoms with Crippen LogP contribution >= 0.6 is 0 Å². The minimum atomic E-state index is -4.35. The Morgan fingerprint density at radius 3 is 2.40 bits per heavy atom. The molecule has 0 bridgehead atoms. The number of rotatable bonds is 10. The van der Waals surface area contributed by atoms with Gasteiger partial charge in [0.2, 0.25) is 17.7 Å². The lowest BCUT2D eigenvalue weighted by molar-refractivity contribution is 0.256. The number of halogens is 1. The van der Waals surface area contributed by atoms with E-state index < -0.39 is 22.7 Å². The molecule has 0 unspecified atom stereocenters. The highest BCUT2D eigenvalue weighted by molar-refractivity contribution is 7.90. The summed E-state index contributed by atoms with van der Waals surface area (Å²) >= 11 is 0. The lowest BCUT2D eigenvalue weighted by Crippen LogP contribution is -2.35. The number of aromatic nitrogens is 2. The molecule has 0 spiro atoms. The van der Waals surface area contributed by atoms with E-state index in [1.54, 1.807) is 12.1 Å². The van der Waals surface area contributed by atoms with Crippen LogP contribution in [-0.2, 0) is 16.4 Å². The van der Waals surface area contributed by atoms with E-state index in [0.717, 1.165) is 0 Å². The lowest BCUT2D eigenvalue weighted by atomic mass is 10.1. The summed E-state index contributed by atoms with van der Waals surface area (Å²) < 4.78 is 55.5. The van der Waals surface area contributed by atoms with Crippen molar-refractivity contribution in [2.75, 3.05) is 32.8 Å². The van der Waals surface area contributed by atoms with Crippen molar-refractivity contribution in [2.24, 2.45) is 0 Å². The van der Waals surface area contributed by atoms with Crippen molar-refractivity contribution in [3.8, 4) is 17.5 Å². The normalized spacial score (nSPS) is 10.9. The number of alkyl halides is 1. The molecule has 0 atom stereocenters. The van der Waals surface area contributed by atoms with E-state index >= 15 is 0 Å². The highest BCUT2D eigenvalue weighted by Gasteiger charge is 2.26. The Balaban J connectivity index is 2.31. The topological polar surface area (TPSA) is 129 Å². The second-order valence-corrected chi connectivity index (χ2v) is 7.49. The predicted molar refractivity (Wildman–Crippen MR) is 106 cm³/mol. The van der Waals surface area contributed by atoms with Gasteiger partial charge in [-0.15, -0.1) is 0 Å². The van der Waals surface area contributed by atoms with Crippen molar-refractivity contribution in [3.63, 3.8) is 0 Å². The van der Waals surface area contributed by atoms with Crippen molar-refractivity contribution in [2.45, 2.75) is 24.7 Å². The number of anilines is 1. The van der Waals surface area contributed by atoms with Crippen LogP contribution < -0.4 is 24.2 Å². The second-order valence-electron chi connectivity index (χ2n) is 5.87. The van der Waals surface area contributed by atoms with Crippen LogP contribution in [0.15, 0.2) is 29.2 Å². The molecule has 12 heteroatoms. The number of aryl methyl sites for hydroxylation is 1. The van der Waals surface area contributed by atoms with Crippen LogP contribution in [0.3, 0.4) is 0 Å². The number of ether oxygens (including phenoxy) is 3. The van der Waals surface area contributed by atoms with Gasteiger partial charge in [0.1, 0.15) is 23.9 Å². The second kappa shape index (κ2) is 10.6. The van der Waals surface area contributed by atoms with Gasteiger partial charge in [-0.1, -0.05) is 25.5 Å². The van der Waals surface area contributed by atoms with Crippen LogP contribution in [0.4, 0.5) is 15.1 Å². The zero-order chi connectivity index (χ0) is 22.1. The number of hydrogen-bond donors (Lipinski definition) is 2. The van der Waals surface area contributed by atoms with Gasteiger partial charge in [0, 0.05) is 0 Å². The number of methoxy groups -OCH3 is 2. The highest BCUT2D eigenvalue weighted by Crippen LogP contribution is 2.29. The van der Waals surface area contributed by atoms with E-state index in [9.17, 15) is 17.6 Å². The van der Waals surface area contributed by atoms with Gasteiger partial charge in [0.25, 0.3) is 10.0 Å². The zero-order valence-corrected chi connectivity index (χ0v) is 17.6. The Labute approximate surface area is 173 Å². The molecule has 0 fully saturated rings. The predicted octanol–water partition coefficient (Wildman–Crippen LogP) is 2.30. The number of carbonyl (C=O) groups excluding carboxylic acids is 1. The molecule has 30 heavy (non-hydrogen) atoms. The molecule has 0 radical (unpaired) electrons.